The maximum absolute atomic E-state index is 13.2. The van der Waals surface area contributed by atoms with Crippen LogP contribution in [0.3, 0.4) is 0 Å². The second-order valence-electron chi connectivity index (χ2n) is 6.55. The second kappa shape index (κ2) is 9.49. The Kier molecular flexibility index (Phi) is 6.97. The van der Waals surface area contributed by atoms with Gasteiger partial charge in [0.1, 0.15) is 11.5 Å². The number of amides is 1. The minimum Gasteiger partial charge on any atom is -0.507 e. The predicted molar refractivity (Wildman–Crippen MR) is 113 cm³/mol. The third-order valence-corrected chi connectivity index (χ3v) is 4.81. The quantitative estimate of drug-likeness (QED) is 0.427. The fraction of sp³-hybridized carbons (Fsp3) is 0.136. The van der Waals surface area contributed by atoms with Crippen LogP contribution in [-0.2, 0) is 12.6 Å². The Hall–Kier alpha value is -2.90. The number of phenolic OH excluding ortho intramolecular Hbond substituents is 1. The van der Waals surface area contributed by atoms with Gasteiger partial charge in [0, 0.05) is 16.5 Å². The third kappa shape index (κ3) is 6.06. The highest BCUT2D eigenvalue weighted by Crippen LogP contribution is 2.35. The van der Waals surface area contributed by atoms with E-state index in [1.807, 2.05) is 12.1 Å². The first kappa shape index (κ1) is 22.8. The Bertz CT molecular complexity index is 1090. The Morgan fingerprint density at radius 2 is 1.65 bits per heavy atom. The normalized spacial score (nSPS) is 11.3. The van der Waals surface area contributed by atoms with E-state index in [2.05, 4.69) is 5.32 Å². The number of aromatic hydroxyl groups is 1. The Balaban J connectivity index is 1.82. The zero-order valence-electron chi connectivity index (χ0n) is 15.8. The van der Waals surface area contributed by atoms with E-state index in [0.717, 1.165) is 23.8 Å². The largest absolute Gasteiger partial charge is 0.507 e. The van der Waals surface area contributed by atoms with Crippen LogP contribution in [0, 0.1) is 0 Å². The summed E-state index contributed by atoms with van der Waals surface area (Å²) in [5.74, 6) is -1.14. The highest BCUT2D eigenvalue weighted by Gasteiger charge is 2.31. The number of carbonyl (C=O) groups is 1. The number of phenols is 1. The molecule has 162 valence electrons. The summed E-state index contributed by atoms with van der Waals surface area (Å²) >= 11 is 11.7. The Morgan fingerprint density at radius 1 is 0.968 bits per heavy atom. The van der Waals surface area contributed by atoms with Crippen LogP contribution in [0.5, 0.6) is 11.5 Å². The molecule has 3 rings (SSSR count). The Morgan fingerprint density at radius 3 is 2.32 bits per heavy atom. The highest BCUT2D eigenvalue weighted by molar-refractivity contribution is 6.31. The SMILES string of the molecule is O=C(Nc1cc(C(F)(F)F)ccc1OCCc1ccc(Cl)cc1)c1cc(Cl)ccc1O. The van der Waals surface area contributed by atoms with Crippen molar-refractivity contribution in [3.8, 4) is 11.5 Å². The molecule has 0 aliphatic carbocycles. The molecule has 3 aromatic carbocycles. The molecule has 3 aromatic rings. The number of rotatable bonds is 6. The van der Waals surface area contributed by atoms with Gasteiger partial charge in [0.05, 0.1) is 23.4 Å². The number of alkyl halides is 3. The lowest BCUT2D eigenvalue weighted by atomic mass is 10.1. The van der Waals surface area contributed by atoms with Gasteiger partial charge in [-0.25, -0.2) is 0 Å². The summed E-state index contributed by atoms with van der Waals surface area (Å²) in [6.07, 6.45) is -4.14. The van der Waals surface area contributed by atoms with Crippen LogP contribution in [0.4, 0.5) is 18.9 Å². The van der Waals surface area contributed by atoms with Crippen molar-refractivity contribution in [3.63, 3.8) is 0 Å². The first-order valence-corrected chi connectivity index (χ1v) is 9.77. The van der Waals surface area contributed by atoms with Crippen molar-refractivity contribution in [2.24, 2.45) is 0 Å². The minimum atomic E-state index is -4.61. The summed E-state index contributed by atoms with van der Waals surface area (Å²) in [5, 5.41) is 13.0. The molecule has 0 aliphatic rings. The van der Waals surface area contributed by atoms with Crippen molar-refractivity contribution in [1.82, 2.24) is 0 Å². The van der Waals surface area contributed by atoms with Gasteiger partial charge in [-0.3, -0.25) is 4.79 Å². The molecule has 4 nitrogen and oxygen atoms in total. The summed E-state index contributed by atoms with van der Waals surface area (Å²) in [4.78, 5) is 12.5. The van der Waals surface area contributed by atoms with Crippen LogP contribution in [0.2, 0.25) is 10.0 Å². The molecule has 2 N–H and O–H groups in total. The smallest absolute Gasteiger partial charge is 0.416 e. The Labute approximate surface area is 186 Å². The van der Waals surface area contributed by atoms with E-state index in [0.29, 0.717) is 11.4 Å². The van der Waals surface area contributed by atoms with E-state index in [-0.39, 0.29) is 34.4 Å². The molecule has 9 heteroatoms. The summed E-state index contributed by atoms with van der Waals surface area (Å²) in [6, 6.07) is 13.6. The third-order valence-electron chi connectivity index (χ3n) is 4.32. The van der Waals surface area contributed by atoms with Gasteiger partial charge in [0.15, 0.2) is 0 Å². The molecule has 31 heavy (non-hydrogen) atoms. The van der Waals surface area contributed by atoms with Gasteiger partial charge in [-0.15, -0.1) is 0 Å². The van der Waals surface area contributed by atoms with Crippen LogP contribution in [0.1, 0.15) is 21.5 Å². The lowest BCUT2D eigenvalue weighted by Gasteiger charge is -2.16. The lowest BCUT2D eigenvalue weighted by molar-refractivity contribution is -0.137. The number of hydrogen-bond acceptors (Lipinski definition) is 3. The van der Waals surface area contributed by atoms with Crippen molar-refractivity contribution < 1.29 is 27.8 Å². The van der Waals surface area contributed by atoms with E-state index in [9.17, 15) is 23.1 Å². The average molecular weight is 470 g/mol. The number of benzene rings is 3. The maximum atomic E-state index is 13.2. The van der Waals surface area contributed by atoms with Crippen molar-refractivity contribution in [3.05, 3.63) is 87.4 Å². The van der Waals surface area contributed by atoms with Crippen molar-refractivity contribution in [2.45, 2.75) is 12.6 Å². The molecule has 0 radical (unpaired) electrons. The van der Waals surface area contributed by atoms with Gasteiger partial charge in [-0.2, -0.15) is 13.2 Å². The van der Waals surface area contributed by atoms with E-state index in [1.54, 1.807) is 12.1 Å². The van der Waals surface area contributed by atoms with Gasteiger partial charge in [0.25, 0.3) is 5.91 Å². The van der Waals surface area contributed by atoms with Crippen molar-refractivity contribution in [1.29, 1.82) is 0 Å². The first-order valence-electron chi connectivity index (χ1n) is 9.02. The number of ether oxygens (including phenoxy) is 1. The van der Waals surface area contributed by atoms with Crippen LogP contribution in [-0.4, -0.2) is 17.6 Å². The van der Waals surface area contributed by atoms with E-state index >= 15 is 0 Å². The molecular formula is C22H16Cl2F3NO3. The standard InChI is InChI=1S/C22H16Cl2F3NO3/c23-15-4-1-13(2-5-15)9-10-31-20-8-3-14(22(25,26)27)11-18(20)28-21(30)17-12-16(24)6-7-19(17)29/h1-8,11-12,29H,9-10H2,(H,28,30). The average Bonchev–Trinajstić information content (AvgIpc) is 2.71. The number of carbonyl (C=O) groups excluding carboxylic acids is 1. The molecule has 0 heterocycles. The summed E-state index contributed by atoms with van der Waals surface area (Å²) in [5.41, 5.74) is -0.402. The van der Waals surface area contributed by atoms with Crippen LogP contribution < -0.4 is 10.1 Å². The van der Waals surface area contributed by atoms with Crippen LogP contribution >= 0.6 is 23.2 Å². The molecule has 0 atom stereocenters. The summed E-state index contributed by atoms with van der Waals surface area (Å²) in [7, 11) is 0. The van der Waals surface area contributed by atoms with E-state index in [1.165, 1.54) is 18.2 Å². The molecule has 0 fully saturated rings. The van der Waals surface area contributed by atoms with Crippen molar-refractivity contribution in [2.75, 3.05) is 11.9 Å². The van der Waals surface area contributed by atoms with E-state index in [4.69, 9.17) is 27.9 Å². The second-order valence-corrected chi connectivity index (χ2v) is 7.42. The molecule has 0 aromatic heterocycles. The van der Waals surface area contributed by atoms with Crippen LogP contribution in [0.25, 0.3) is 0 Å². The highest BCUT2D eigenvalue weighted by atomic mass is 35.5. The zero-order valence-corrected chi connectivity index (χ0v) is 17.4. The van der Waals surface area contributed by atoms with Gasteiger partial charge >= 0.3 is 6.18 Å². The maximum Gasteiger partial charge on any atom is 0.416 e. The number of nitrogens with one attached hydrogen (secondary N) is 1. The number of anilines is 1. The molecule has 1 amide bonds. The van der Waals surface area contributed by atoms with Gasteiger partial charge in [0.2, 0.25) is 0 Å². The fourth-order valence-electron chi connectivity index (χ4n) is 2.74. The topological polar surface area (TPSA) is 58.6 Å². The molecule has 0 unspecified atom stereocenters. The molecule has 0 spiro atoms. The van der Waals surface area contributed by atoms with Crippen molar-refractivity contribution >= 4 is 34.8 Å². The molecule has 0 saturated heterocycles. The monoisotopic (exact) mass is 469 g/mol. The molecule has 0 aliphatic heterocycles. The number of hydrogen-bond donors (Lipinski definition) is 2. The summed E-state index contributed by atoms with van der Waals surface area (Å²) in [6.45, 7) is 0.151. The zero-order chi connectivity index (χ0) is 22.6. The van der Waals surface area contributed by atoms with Gasteiger partial charge < -0.3 is 15.2 Å². The minimum absolute atomic E-state index is 0.0526. The predicted octanol–water partition coefficient (Wildman–Crippen LogP) is 6.59. The molecule has 0 bridgehead atoms. The molecule has 0 saturated carbocycles. The molecular weight excluding hydrogens is 454 g/mol. The van der Waals surface area contributed by atoms with Gasteiger partial charge in [-0.1, -0.05) is 35.3 Å². The van der Waals surface area contributed by atoms with Gasteiger partial charge in [-0.05, 0) is 54.1 Å². The fourth-order valence-corrected chi connectivity index (χ4v) is 3.04. The summed E-state index contributed by atoms with van der Waals surface area (Å²) < 4.78 is 45.1. The number of halogens is 5. The lowest BCUT2D eigenvalue weighted by Crippen LogP contribution is -2.15. The first-order chi connectivity index (χ1) is 14.6. The van der Waals surface area contributed by atoms with Crippen LogP contribution in [0.15, 0.2) is 60.7 Å². The van der Waals surface area contributed by atoms with E-state index < -0.39 is 17.6 Å².